The molecule has 1 aromatic heterocycles. The zero-order chi connectivity index (χ0) is 17.8. The second-order valence-electron chi connectivity index (χ2n) is 5.58. The lowest BCUT2D eigenvalue weighted by Gasteiger charge is -2.10. The maximum Gasteiger partial charge on any atom is 0.325 e. The summed E-state index contributed by atoms with van der Waals surface area (Å²) in [5.41, 5.74) is 2.35. The molecule has 5 nitrogen and oxygen atoms in total. The number of halogens is 1. The molecular weight excluding hydrogens is 340 g/mol. The van der Waals surface area contributed by atoms with Crippen molar-refractivity contribution in [3.8, 4) is 11.3 Å². The number of carboxylic acids is 1. The van der Waals surface area contributed by atoms with Crippen LogP contribution in [-0.4, -0.2) is 20.9 Å². The third kappa shape index (κ3) is 4.14. The minimum absolute atomic E-state index is 0.399. The van der Waals surface area contributed by atoms with E-state index in [1.54, 1.807) is 30.3 Å². The highest BCUT2D eigenvalue weighted by atomic mass is 35.5. The molecule has 0 fully saturated rings. The van der Waals surface area contributed by atoms with Gasteiger partial charge < -0.3 is 5.11 Å². The highest BCUT2D eigenvalue weighted by molar-refractivity contribution is 6.30. The predicted octanol–water partition coefficient (Wildman–Crippen LogP) is 3.24. The fourth-order valence-corrected chi connectivity index (χ4v) is 2.66. The van der Waals surface area contributed by atoms with Crippen LogP contribution in [0.4, 0.5) is 0 Å². The first-order valence-electron chi connectivity index (χ1n) is 7.65. The first-order valence-corrected chi connectivity index (χ1v) is 8.03. The van der Waals surface area contributed by atoms with Crippen LogP contribution < -0.4 is 5.56 Å². The number of hydrogen-bond acceptors (Lipinski definition) is 3. The van der Waals surface area contributed by atoms with Crippen molar-refractivity contribution in [2.75, 3.05) is 0 Å². The van der Waals surface area contributed by atoms with Gasteiger partial charge in [-0.3, -0.25) is 9.59 Å². The zero-order valence-corrected chi connectivity index (χ0v) is 14.0. The van der Waals surface area contributed by atoms with Gasteiger partial charge in [0.15, 0.2) is 0 Å². The van der Waals surface area contributed by atoms with E-state index < -0.39 is 18.1 Å². The first kappa shape index (κ1) is 16.9. The second-order valence-corrected chi connectivity index (χ2v) is 6.02. The lowest BCUT2D eigenvalue weighted by Crippen LogP contribution is -2.29. The lowest BCUT2D eigenvalue weighted by molar-refractivity contribution is -0.138. The second kappa shape index (κ2) is 7.32. The Morgan fingerprint density at radius 1 is 1.08 bits per heavy atom. The number of nitrogens with zero attached hydrogens (tertiary/aromatic N) is 2. The molecule has 1 heterocycles. The summed E-state index contributed by atoms with van der Waals surface area (Å²) in [4.78, 5) is 23.6. The fourth-order valence-electron chi connectivity index (χ4n) is 2.54. The standard InChI is InChI=1S/C19H15ClN2O3/c20-16-8-6-14(7-9-16)17-11-15(10-13-4-2-1-3-5-13)19(25)22(21-17)12-18(23)24/h1-9,11H,10,12H2,(H,23,24). The van der Waals surface area contributed by atoms with Crippen molar-refractivity contribution in [1.82, 2.24) is 9.78 Å². The predicted molar refractivity (Wildman–Crippen MR) is 95.8 cm³/mol. The van der Waals surface area contributed by atoms with Gasteiger partial charge in [-0.1, -0.05) is 54.1 Å². The summed E-state index contributed by atoms with van der Waals surface area (Å²) >= 11 is 5.91. The molecule has 0 bridgehead atoms. The molecule has 0 saturated heterocycles. The maximum atomic E-state index is 12.6. The molecule has 0 unspecified atom stereocenters. The minimum atomic E-state index is -1.12. The summed E-state index contributed by atoms with van der Waals surface area (Å²) in [5, 5.41) is 13.8. The van der Waals surface area contributed by atoms with Gasteiger partial charge in [-0.2, -0.15) is 5.10 Å². The Bertz CT molecular complexity index is 951. The smallest absolute Gasteiger partial charge is 0.325 e. The topological polar surface area (TPSA) is 72.2 Å². The van der Waals surface area contributed by atoms with Crippen molar-refractivity contribution in [2.24, 2.45) is 0 Å². The maximum absolute atomic E-state index is 12.6. The molecule has 6 heteroatoms. The van der Waals surface area contributed by atoms with Crippen LogP contribution >= 0.6 is 11.6 Å². The fraction of sp³-hybridized carbons (Fsp3) is 0.105. The summed E-state index contributed by atoms with van der Waals surface area (Å²) in [7, 11) is 0. The van der Waals surface area contributed by atoms with Gasteiger partial charge in [-0.25, -0.2) is 4.68 Å². The molecule has 1 N–H and O–H groups in total. The summed E-state index contributed by atoms with van der Waals surface area (Å²) in [6, 6.07) is 18.3. The summed E-state index contributed by atoms with van der Waals surface area (Å²) in [5.74, 6) is -1.12. The highest BCUT2D eigenvalue weighted by Gasteiger charge is 2.13. The molecule has 0 atom stereocenters. The van der Waals surface area contributed by atoms with E-state index in [1.807, 2.05) is 30.3 Å². The lowest BCUT2D eigenvalue weighted by atomic mass is 10.0. The average molecular weight is 355 g/mol. The molecule has 126 valence electrons. The van der Waals surface area contributed by atoms with E-state index in [0.29, 0.717) is 22.7 Å². The quantitative estimate of drug-likeness (QED) is 0.763. The monoisotopic (exact) mass is 354 g/mol. The third-order valence-corrected chi connectivity index (χ3v) is 3.96. The molecule has 0 saturated carbocycles. The van der Waals surface area contributed by atoms with Crippen LogP contribution in [0.1, 0.15) is 11.1 Å². The number of rotatable bonds is 5. The Hall–Kier alpha value is -2.92. The molecule has 3 aromatic rings. The van der Waals surface area contributed by atoms with Gasteiger partial charge in [0.05, 0.1) is 5.69 Å². The molecule has 0 radical (unpaired) electrons. The van der Waals surface area contributed by atoms with Crippen molar-refractivity contribution in [2.45, 2.75) is 13.0 Å². The van der Waals surface area contributed by atoms with Crippen LogP contribution in [0.25, 0.3) is 11.3 Å². The van der Waals surface area contributed by atoms with Gasteiger partial charge >= 0.3 is 5.97 Å². The van der Waals surface area contributed by atoms with E-state index in [1.165, 1.54) is 0 Å². The Balaban J connectivity index is 2.09. The summed E-state index contributed by atoms with van der Waals surface area (Å²) in [6.07, 6.45) is 0.405. The van der Waals surface area contributed by atoms with Gasteiger partial charge in [-0.05, 0) is 23.8 Å². The summed E-state index contributed by atoms with van der Waals surface area (Å²) < 4.78 is 0.991. The SMILES string of the molecule is O=C(O)Cn1nc(-c2ccc(Cl)cc2)cc(Cc2ccccc2)c1=O. The van der Waals surface area contributed by atoms with E-state index in [9.17, 15) is 9.59 Å². The molecule has 2 aromatic carbocycles. The number of aliphatic carboxylic acids is 1. The van der Waals surface area contributed by atoms with Crippen LogP contribution in [0, 0.1) is 0 Å². The largest absolute Gasteiger partial charge is 0.480 e. The number of hydrogen-bond donors (Lipinski definition) is 1. The van der Waals surface area contributed by atoms with Crippen molar-refractivity contribution in [3.05, 3.63) is 87.2 Å². The molecule has 0 aliphatic heterocycles. The van der Waals surface area contributed by atoms with E-state index in [0.717, 1.165) is 15.8 Å². The highest BCUT2D eigenvalue weighted by Crippen LogP contribution is 2.20. The zero-order valence-electron chi connectivity index (χ0n) is 13.2. The van der Waals surface area contributed by atoms with Crippen LogP contribution in [0.2, 0.25) is 5.02 Å². The van der Waals surface area contributed by atoms with Gasteiger partial charge in [0, 0.05) is 22.6 Å². The summed E-state index contributed by atoms with van der Waals surface area (Å²) in [6.45, 7) is -0.484. The molecule has 3 rings (SSSR count). The Kier molecular flexibility index (Phi) is 4.95. The van der Waals surface area contributed by atoms with Crippen molar-refractivity contribution in [3.63, 3.8) is 0 Å². The molecule has 0 aliphatic rings. The Labute approximate surface area is 149 Å². The van der Waals surface area contributed by atoms with Crippen LogP contribution in [0.15, 0.2) is 65.5 Å². The van der Waals surface area contributed by atoms with E-state index in [2.05, 4.69) is 5.10 Å². The minimum Gasteiger partial charge on any atom is -0.480 e. The van der Waals surface area contributed by atoms with Gasteiger partial charge in [0.25, 0.3) is 5.56 Å². The van der Waals surface area contributed by atoms with Crippen LogP contribution in [-0.2, 0) is 17.8 Å². The number of carbonyl (C=O) groups is 1. The third-order valence-electron chi connectivity index (χ3n) is 3.71. The van der Waals surface area contributed by atoms with E-state index in [-0.39, 0.29) is 0 Å². The van der Waals surface area contributed by atoms with Gasteiger partial charge in [0.2, 0.25) is 0 Å². The van der Waals surface area contributed by atoms with Crippen LogP contribution in [0.5, 0.6) is 0 Å². The van der Waals surface area contributed by atoms with Crippen molar-refractivity contribution < 1.29 is 9.90 Å². The molecule has 0 amide bonds. The normalized spacial score (nSPS) is 10.6. The molecular formula is C19H15ClN2O3. The Morgan fingerprint density at radius 3 is 2.40 bits per heavy atom. The van der Waals surface area contributed by atoms with Gasteiger partial charge in [0.1, 0.15) is 6.54 Å². The van der Waals surface area contributed by atoms with Crippen molar-refractivity contribution in [1.29, 1.82) is 0 Å². The average Bonchev–Trinajstić information content (AvgIpc) is 2.59. The number of benzene rings is 2. The van der Waals surface area contributed by atoms with E-state index >= 15 is 0 Å². The number of carboxylic acid groups (broad SMARTS) is 1. The van der Waals surface area contributed by atoms with Gasteiger partial charge in [-0.15, -0.1) is 0 Å². The Morgan fingerprint density at radius 2 is 1.76 bits per heavy atom. The van der Waals surface area contributed by atoms with Crippen LogP contribution in [0.3, 0.4) is 0 Å². The number of aromatic nitrogens is 2. The van der Waals surface area contributed by atoms with Crippen molar-refractivity contribution >= 4 is 17.6 Å². The van der Waals surface area contributed by atoms with E-state index in [4.69, 9.17) is 16.7 Å². The molecule has 0 spiro atoms. The molecule has 25 heavy (non-hydrogen) atoms. The first-order chi connectivity index (χ1) is 12.0. The molecule has 0 aliphatic carbocycles.